The van der Waals surface area contributed by atoms with E-state index in [2.05, 4.69) is 5.32 Å². The molecule has 2 aliphatic rings. The van der Waals surface area contributed by atoms with Gasteiger partial charge in [-0.2, -0.15) is 0 Å². The first-order valence-electron chi connectivity index (χ1n) is 8.48. The van der Waals surface area contributed by atoms with Gasteiger partial charge >= 0.3 is 0 Å². The lowest BCUT2D eigenvalue weighted by Crippen LogP contribution is -2.37. The molecule has 1 amide bonds. The van der Waals surface area contributed by atoms with E-state index < -0.39 is 5.79 Å². The molecule has 1 atom stereocenters. The molecule has 1 spiro atoms. The summed E-state index contributed by atoms with van der Waals surface area (Å²) in [6, 6.07) is 5.27. The van der Waals surface area contributed by atoms with Crippen molar-refractivity contribution in [2.24, 2.45) is 0 Å². The van der Waals surface area contributed by atoms with Crippen molar-refractivity contribution >= 4 is 5.91 Å². The number of carbonyl (C=O) groups excluding carboxylic acids is 1. The highest BCUT2D eigenvalue weighted by molar-refractivity contribution is 5.99. The molecule has 1 aliphatic heterocycles. The lowest BCUT2D eigenvalue weighted by Gasteiger charge is -2.31. The van der Waals surface area contributed by atoms with E-state index in [1.165, 1.54) is 20.6 Å². The number of carbonyl (C=O) groups is 1. The van der Waals surface area contributed by atoms with Gasteiger partial charge in [0, 0.05) is 19.4 Å². The molecule has 0 bridgehead atoms. The highest BCUT2D eigenvalue weighted by atomic mass is 16.7. The molecule has 24 heavy (non-hydrogen) atoms. The van der Waals surface area contributed by atoms with Crippen molar-refractivity contribution in [2.75, 3.05) is 27.4 Å². The average molecular weight is 335 g/mol. The van der Waals surface area contributed by atoms with Gasteiger partial charge in [0.05, 0.1) is 20.8 Å². The second-order valence-corrected chi connectivity index (χ2v) is 6.27. The van der Waals surface area contributed by atoms with Crippen molar-refractivity contribution in [1.82, 2.24) is 5.32 Å². The SMILES string of the molecule is COc1cccc(OC)c1C(=O)NC[C@H]1COC2(CCCCC2)O1. The molecule has 0 aromatic heterocycles. The van der Waals surface area contributed by atoms with E-state index in [0.717, 1.165) is 25.7 Å². The van der Waals surface area contributed by atoms with Crippen LogP contribution in [0, 0.1) is 0 Å². The van der Waals surface area contributed by atoms with Gasteiger partial charge < -0.3 is 24.3 Å². The van der Waals surface area contributed by atoms with Crippen LogP contribution >= 0.6 is 0 Å². The van der Waals surface area contributed by atoms with Gasteiger partial charge in [0.15, 0.2) is 5.79 Å². The van der Waals surface area contributed by atoms with E-state index in [9.17, 15) is 4.79 Å². The number of ether oxygens (including phenoxy) is 4. The van der Waals surface area contributed by atoms with Gasteiger partial charge in [0.1, 0.15) is 23.2 Å². The van der Waals surface area contributed by atoms with Crippen molar-refractivity contribution in [2.45, 2.75) is 44.0 Å². The number of rotatable bonds is 5. The van der Waals surface area contributed by atoms with Gasteiger partial charge in [-0.15, -0.1) is 0 Å². The summed E-state index contributed by atoms with van der Waals surface area (Å²) < 4.78 is 22.5. The molecule has 6 nitrogen and oxygen atoms in total. The van der Waals surface area contributed by atoms with Crippen molar-refractivity contribution in [1.29, 1.82) is 0 Å². The molecular weight excluding hydrogens is 310 g/mol. The van der Waals surface area contributed by atoms with Crippen LogP contribution in [0.2, 0.25) is 0 Å². The molecule has 3 rings (SSSR count). The Bertz CT molecular complexity index is 561. The molecule has 1 heterocycles. The van der Waals surface area contributed by atoms with Crippen molar-refractivity contribution < 1.29 is 23.7 Å². The Labute approximate surface area is 142 Å². The summed E-state index contributed by atoms with van der Waals surface area (Å²) in [5.74, 6) is 0.311. The fourth-order valence-corrected chi connectivity index (χ4v) is 3.44. The molecule has 1 aromatic carbocycles. The Kier molecular flexibility index (Phi) is 5.26. The zero-order valence-electron chi connectivity index (χ0n) is 14.3. The van der Waals surface area contributed by atoms with Crippen LogP contribution in [0.15, 0.2) is 18.2 Å². The number of benzene rings is 1. The number of methoxy groups -OCH3 is 2. The summed E-state index contributed by atoms with van der Waals surface area (Å²) in [4.78, 5) is 12.6. The Morgan fingerprint density at radius 3 is 2.50 bits per heavy atom. The zero-order valence-corrected chi connectivity index (χ0v) is 14.3. The highest BCUT2D eigenvalue weighted by Crippen LogP contribution is 2.37. The lowest BCUT2D eigenvalue weighted by atomic mass is 9.94. The Hall–Kier alpha value is -1.79. The van der Waals surface area contributed by atoms with Crippen LogP contribution in [0.5, 0.6) is 11.5 Å². The van der Waals surface area contributed by atoms with E-state index in [1.54, 1.807) is 18.2 Å². The zero-order chi connectivity index (χ0) is 17.0. The Morgan fingerprint density at radius 2 is 1.88 bits per heavy atom. The quantitative estimate of drug-likeness (QED) is 0.896. The molecule has 132 valence electrons. The molecule has 1 aliphatic carbocycles. The maximum absolute atomic E-state index is 12.6. The summed E-state index contributed by atoms with van der Waals surface area (Å²) in [5, 5.41) is 2.91. The topological polar surface area (TPSA) is 66.0 Å². The molecule has 1 N–H and O–H groups in total. The fourth-order valence-electron chi connectivity index (χ4n) is 3.44. The smallest absolute Gasteiger partial charge is 0.258 e. The third-order valence-corrected chi connectivity index (χ3v) is 4.67. The maximum Gasteiger partial charge on any atom is 0.258 e. The molecule has 1 saturated heterocycles. The second-order valence-electron chi connectivity index (χ2n) is 6.27. The molecule has 2 fully saturated rings. The number of nitrogens with one attached hydrogen (secondary N) is 1. The normalized spacial score (nSPS) is 22.3. The third kappa shape index (κ3) is 3.49. The minimum atomic E-state index is -0.421. The number of hydrogen-bond donors (Lipinski definition) is 1. The van der Waals surface area contributed by atoms with Crippen molar-refractivity contribution in [3.8, 4) is 11.5 Å². The van der Waals surface area contributed by atoms with E-state index in [1.807, 2.05) is 0 Å². The predicted octanol–water partition coefficient (Wildman–Crippen LogP) is 2.51. The monoisotopic (exact) mass is 335 g/mol. The minimum Gasteiger partial charge on any atom is -0.496 e. The number of amides is 1. The molecule has 6 heteroatoms. The molecule has 1 aromatic rings. The van der Waals surface area contributed by atoms with Gasteiger partial charge in [-0.05, 0) is 25.0 Å². The lowest BCUT2D eigenvalue weighted by molar-refractivity contribution is -0.186. The third-order valence-electron chi connectivity index (χ3n) is 4.67. The first-order chi connectivity index (χ1) is 11.7. The second kappa shape index (κ2) is 7.40. The van der Waals surface area contributed by atoms with E-state index in [0.29, 0.717) is 30.2 Å². The van der Waals surface area contributed by atoms with E-state index in [-0.39, 0.29) is 12.0 Å². The fraction of sp³-hybridized carbons (Fsp3) is 0.611. The van der Waals surface area contributed by atoms with Gasteiger partial charge in [-0.25, -0.2) is 0 Å². The molecule has 0 unspecified atom stereocenters. The van der Waals surface area contributed by atoms with Gasteiger partial charge in [0.25, 0.3) is 5.91 Å². The van der Waals surface area contributed by atoms with Crippen molar-refractivity contribution in [3.63, 3.8) is 0 Å². The van der Waals surface area contributed by atoms with Crippen LogP contribution in [0.1, 0.15) is 42.5 Å². The summed E-state index contributed by atoms with van der Waals surface area (Å²) >= 11 is 0. The van der Waals surface area contributed by atoms with Gasteiger partial charge in [0.2, 0.25) is 0 Å². The Balaban J connectivity index is 1.60. The summed E-state index contributed by atoms with van der Waals surface area (Å²) in [6.07, 6.45) is 5.28. The van der Waals surface area contributed by atoms with Gasteiger partial charge in [-0.1, -0.05) is 12.5 Å². The van der Waals surface area contributed by atoms with E-state index >= 15 is 0 Å². The highest BCUT2D eigenvalue weighted by Gasteiger charge is 2.42. The summed E-state index contributed by atoms with van der Waals surface area (Å²) in [5.41, 5.74) is 0.397. The molecule has 1 saturated carbocycles. The Morgan fingerprint density at radius 1 is 1.21 bits per heavy atom. The summed E-state index contributed by atoms with van der Waals surface area (Å²) in [7, 11) is 3.07. The minimum absolute atomic E-state index is 0.118. The predicted molar refractivity (Wildman–Crippen MR) is 88.5 cm³/mol. The first kappa shape index (κ1) is 17.0. The van der Waals surface area contributed by atoms with Crippen LogP contribution in [-0.2, 0) is 9.47 Å². The standard InChI is InChI=1S/C18H25NO5/c1-21-14-7-6-8-15(22-2)16(14)17(20)19-11-13-12-23-18(24-13)9-4-3-5-10-18/h6-8,13H,3-5,9-12H2,1-2H3,(H,19,20)/t13-/m0/s1. The number of hydrogen-bond acceptors (Lipinski definition) is 5. The first-order valence-corrected chi connectivity index (χ1v) is 8.48. The van der Waals surface area contributed by atoms with Crippen molar-refractivity contribution in [3.05, 3.63) is 23.8 Å². The van der Waals surface area contributed by atoms with Crippen LogP contribution < -0.4 is 14.8 Å². The molecule has 0 radical (unpaired) electrons. The van der Waals surface area contributed by atoms with Gasteiger partial charge in [-0.3, -0.25) is 4.79 Å². The van der Waals surface area contributed by atoms with Crippen LogP contribution in [-0.4, -0.2) is 45.2 Å². The average Bonchev–Trinajstić information content (AvgIpc) is 3.01. The van der Waals surface area contributed by atoms with E-state index in [4.69, 9.17) is 18.9 Å². The molecular formula is C18H25NO5. The maximum atomic E-state index is 12.6. The van der Waals surface area contributed by atoms with Crippen LogP contribution in [0.25, 0.3) is 0 Å². The van der Waals surface area contributed by atoms with Crippen LogP contribution in [0.4, 0.5) is 0 Å². The largest absolute Gasteiger partial charge is 0.496 e. The van der Waals surface area contributed by atoms with Crippen LogP contribution in [0.3, 0.4) is 0 Å². The summed E-state index contributed by atoms with van der Waals surface area (Å²) in [6.45, 7) is 0.922.